The van der Waals surface area contributed by atoms with Gasteiger partial charge in [-0.15, -0.1) is 0 Å². The summed E-state index contributed by atoms with van der Waals surface area (Å²) in [5.74, 6) is 0.271. The minimum Gasteiger partial charge on any atom is -0.343 e. The third kappa shape index (κ3) is 3.26. The highest BCUT2D eigenvalue weighted by atomic mass is 16.2. The molecule has 1 fully saturated rings. The van der Waals surface area contributed by atoms with Gasteiger partial charge in [-0.2, -0.15) is 0 Å². The first-order chi connectivity index (χ1) is 9.91. The molecule has 0 spiro atoms. The Bertz CT molecular complexity index is 513. The molecule has 1 aliphatic heterocycles. The number of piperazine rings is 1. The van der Waals surface area contributed by atoms with Crippen molar-refractivity contribution in [3.63, 3.8) is 0 Å². The number of hydrogen-bond donors (Lipinski definition) is 1. The minimum absolute atomic E-state index is 0.0103. The van der Waals surface area contributed by atoms with Gasteiger partial charge in [0.1, 0.15) is 12.1 Å². The lowest BCUT2D eigenvalue weighted by Gasteiger charge is -2.41. The molecule has 1 aliphatic rings. The van der Waals surface area contributed by atoms with E-state index in [9.17, 15) is 9.59 Å². The first-order valence-corrected chi connectivity index (χ1v) is 7.57. The standard InChI is InChI=1S/C17H24N2O2/c1-11(2)15-16(20)18-13(4)17(21)19(15)10-12(3)14-8-6-5-7-9-14/h5-9,11-13,15H,10H2,1-4H3,(H,18,20). The molecule has 0 radical (unpaired) electrons. The maximum Gasteiger partial charge on any atom is 0.245 e. The first kappa shape index (κ1) is 15.5. The molecule has 1 N–H and O–H groups in total. The molecule has 1 saturated heterocycles. The van der Waals surface area contributed by atoms with Crippen molar-refractivity contribution < 1.29 is 9.59 Å². The maximum atomic E-state index is 12.5. The van der Waals surface area contributed by atoms with E-state index in [0.29, 0.717) is 6.54 Å². The molecule has 4 nitrogen and oxygen atoms in total. The predicted molar refractivity (Wildman–Crippen MR) is 82.8 cm³/mol. The summed E-state index contributed by atoms with van der Waals surface area (Å²) in [6.07, 6.45) is 0. The van der Waals surface area contributed by atoms with E-state index in [1.165, 1.54) is 5.56 Å². The first-order valence-electron chi connectivity index (χ1n) is 7.57. The molecule has 0 aliphatic carbocycles. The minimum atomic E-state index is -0.435. The van der Waals surface area contributed by atoms with Crippen LogP contribution in [0.4, 0.5) is 0 Å². The van der Waals surface area contributed by atoms with E-state index >= 15 is 0 Å². The lowest BCUT2D eigenvalue weighted by Crippen LogP contribution is -2.64. The zero-order chi connectivity index (χ0) is 15.6. The Morgan fingerprint density at radius 1 is 1.14 bits per heavy atom. The summed E-state index contributed by atoms with van der Waals surface area (Å²) in [6.45, 7) is 8.37. The molecule has 0 bridgehead atoms. The quantitative estimate of drug-likeness (QED) is 0.923. The molecule has 2 rings (SSSR count). The van der Waals surface area contributed by atoms with Crippen LogP contribution in [0.25, 0.3) is 0 Å². The van der Waals surface area contributed by atoms with E-state index in [1.807, 2.05) is 32.0 Å². The topological polar surface area (TPSA) is 49.4 Å². The number of hydrogen-bond acceptors (Lipinski definition) is 2. The Morgan fingerprint density at radius 2 is 1.76 bits per heavy atom. The van der Waals surface area contributed by atoms with Crippen molar-refractivity contribution in [2.75, 3.05) is 6.54 Å². The molecule has 3 unspecified atom stereocenters. The Kier molecular flexibility index (Phi) is 4.66. The Balaban J connectivity index is 2.21. The van der Waals surface area contributed by atoms with Crippen molar-refractivity contribution in [3.05, 3.63) is 35.9 Å². The number of amides is 2. The lowest BCUT2D eigenvalue weighted by atomic mass is 9.94. The fourth-order valence-electron chi connectivity index (χ4n) is 2.94. The fourth-order valence-corrected chi connectivity index (χ4v) is 2.94. The number of carbonyl (C=O) groups excluding carboxylic acids is 2. The van der Waals surface area contributed by atoms with E-state index in [1.54, 1.807) is 11.8 Å². The van der Waals surface area contributed by atoms with Gasteiger partial charge in [0.2, 0.25) is 11.8 Å². The number of benzene rings is 1. The van der Waals surface area contributed by atoms with Crippen molar-refractivity contribution in [3.8, 4) is 0 Å². The van der Waals surface area contributed by atoms with Crippen LogP contribution in [0.15, 0.2) is 30.3 Å². The van der Waals surface area contributed by atoms with Gasteiger partial charge >= 0.3 is 0 Å². The van der Waals surface area contributed by atoms with Crippen LogP contribution in [-0.2, 0) is 9.59 Å². The van der Waals surface area contributed by atoms with E-state index in [0.717, 1.165) is 0 Å². The van der Waals surface area contributed by atoms with E-state index in [4.69, 9.17) is 0 Å². The summed E-state index contributed by atoms with van der Waals surface area (Å²) < 4.78 is 0. The second-order valence-corrected chi connectivity index (χ2v) is 6.22. The third-order valence-corrected chi connectivity index (χ3v) is 4.09. The zero-order valence-electron chi connectivity index (χ0n) is 13.2. The third-order valence-electron chi connectivity index (χ3n) is 4.09. The predicted octanol–water partition coefficient (Wildman–Crippen LogP) is 2.16. The van der Waals surface area contributed by atoms with Gasteiger partial charge in [0.05, 0.1) is 0 Å². The summed E-state index contributed by atoms with van der Waals surface area (Å²) in [4.78, 5) is 26.4. The summed E-state index contributed by atoms with van der Waals surface area (Å²) in [6, 6.07) is 9.29. The van der Waals surface area contributed by atoms with Crippen LogP contribution in [-0.4, -0.2) is 35.3 Å². The molecular weight excluding hydrogens is 264 g/mol. The number of rotatable bonds is 4. The highest BCUT2D eigenvalue weighted by Crippen LogP contribution is 2.23. The molecule has 1 heterocycles. The van der Waals surface area contributed by atoms with Crippen molar-refractivity contribution in [1.29, 1.82) is 0 Å². The summed E-state index contributed by atoms with van der Waals surface area (Å²) in [5.41, 5.74) is 1.19. The second kappa shape index (κ2) is 6.29. The van der Waals surface area contributed by atoms with Crippen molar-refractivity contribution in [1.82, 2.24) is 10.2 Å². The van der Waals surface area contributed by atoms with Gasteiger partial charge < -0.3 is 10.2 Å². The van der Waals surface area contributed by atoms with E-state index < -0.39 is 6.04 Å². The molecule has 2 amide bonds. The molecule has 1 aromatic rings. The molecule has 3 atom stereocenters. The average Bonchev–Trinajstić information content (AvgIpc) is 2.44. The van der Waals surface area contributed by atoms with Crippen LogP contribution in [0.5, 0.6) is 0 Å². The molecule has 0 saturated carbocycles. The van der Waals surface area contributed by atoms with Crippen LogP contribution >= 0.6 is 0 Å². The Labute approximate surface area is 126 Å². The van der Waals surface area contributed by atoms with Gasteiger partial charge in [0, 0.05) is 6.54 Å². The Morgan fingerprint density at radius 3 is 2.33 bits per heavy atom. The van der Waals surface area contributed by atoms with Gasteiger partial charge in [-0.25, -0.2) is 0 Å². The van der Waals surface area contributed by atoms with Crippen molar-refractivity contribution in [2.24, 2.45) is 5.92 Å². The Hall–Kier alpha value is -1.84. The van der Waals surface area contributed by atoms with Gasteiger partial charge in [0.25, 0.3) is 0 Å². The van der Waals surface area contributed by atoms with Crippen LogP contribution in [0.3, 0.4) is 0 Å². The van der Waals surface area contributed by atoms with E-state index in [2.05, 4.69) is 24.4 Å². The molecule has 0 aromatic heterocycles. The molecule has 4 heteroatoms. The summed E-state index contributed by atoms with van der Waals surface area (Å²) >= 11 is 0. The SMILES string of the molecule is CC1NC(=O)C(C(C)C)N(CC(C)c2ccccc2)C1=O. The van der Waals surface area contributed by atoms with Gasteiger partial charge in [-0.3, -0.25) is 9.59 Å². The molecule has 21 heavy (non-hydrogen) atoms. The maximum absolute atomic E-state index is 12.5. The molecule has 114 valence electrons. The van der Waals surface area contributed by atoms with Crippen LogP contribution in [0, 0.1) is 5.92 Å². The highest BCUT2D eigenvalue weighted by molar-refractivity contribution is 5.96. The largest absolute Gasteiger partial charge is 0.343 e. The number of carbonyl (C=O) groups is 2. The monoisotopic (exact) mass is 288 g/mol. The van der Waals surface area contributed by atoms with Gasteiger partial charge in [-0.1, -0.05) is 51.1 Å². The fraction of sp³-hybridized carbons (Fsp3) is 0.529. The lowest BCUT2D eigenvalue weighted by molar-refractivity contribution is -0.150. The molecule has 1 aromatic carbocycles. The summed E-state index contributed by atoms with van der Waals surface area (Å²) in [5, 5.41) is 2.77. The normalized spacial score (nSPS) is 24.1. The van der Waals surface area contributed by atoms with Crippen LogP contribution in [0.2, 0.25) is 0 Å². The summed E-state index contributed by atoms with van der Waals surface area (Å²) in [7, 11) is 0. The number of nitrogens with zero attached hydrogens (tertiary/aromatic N) is 1. The second-order valence-electron chi connectivity index (χ2n) is 6.22. The zero-order valence-corrected chi connectivity index (χ0v) is 13.2. The van der Waals surface area contributed by atoms with Gasteiger partial charge in [-0.05, 0) is 24.3 Å². The van der Waals surface area contributed by atoms with Gasteiger partial charge in [0.15, 0.2) is 0 Å². The smallest absolute Gasteiger partial charge is 0.245 e. The van der Waals surface area contributed by atoms with E-state index in [-0.39, 0.29) is 29.7 Å². The average molecular weight is 288 g/mol. The van der Waals surface area contributed by atoms with Crippen molar-refractivity contribution >= 4 is 11.8 Å². The molecular formula is C17H24N2O2. The van der Waals surface area contributed by atoms with Crippen molar-refractivity contribution in [2.45, 2.75) is 45.7 Å². The highest BCUT2D eigenvalue weighted by Gasteiger charge is 2.40. The van der Waals surface area contributed by atoms with Crippen LogP contribution in [0.1, 0.15) is 39.2 Å². The van der Waals surface area contributed by atoms with Crippen LogP contribution < -0.4 is 5.32 Å². The number of nitrogens with one attached hydrogen (secondary N) is 1.